The van der Waals surface area contributed by atoms with Crippen LogP contribution in [0.1, 0.15) is 38.5 Å². The molecule has 122 valence electrons. The molecule has 22 heavy (non-hydrogen) atoms. The second-order valence-corrected chi connectivity index (χ2v) is 6.58. The van der Waals surface area contributed by atoms with Gasteiger partial charge < -0.3 is 19.4 Å². The van der Waals surface area contributed by atoms with E-state index in [2.05, 4.69) is 10.6 Å². The molecule has 4 rings (SSSR count). The predicted molar refractivity (Wildman–Crippen MR) is 70.0 cm³/mol. The van der Waals surface area contributed by atoms with E-state index in [1.54, 1.807) is 0 Å². The lowest BCUT2D eigenvalue weighted by molar-refractivity contribution is -0.167. The second-order valence-electron chi connectivity index (χ2n) is 6.58. The molecule has 2 saturated heterocycles. The van der Waals surface area contributed by atoms with Gasteiger partial charge in [-0.1, -0.05) is 0 Å². The van der Waals surface area contributed by atoms with Crippen molar-refractivity contribution in [2.45, 2.75) is 69.2 Å². The molecule has 1 N–H and O–H groups in total. The molecule has 4 aliphatic rings. The van der Waals surface area contributed by atoms with E-state index in [0.29, 0.717) is 18.6 Å². The highest BCUT2D eigenvalue weighted by atomic mass is 16.8. The van der Waals surface area contributed by atoms with Crippen LogP contribution in [-0.2, 0) is 23.9 Å². The van der Waals surface area contributed by atoms with E-state index in [0.717, 1.165) is 32.1 Å². The summed E-state index contributed by atoms with van der Waals surface area (Å²) in [6, 6.07) is 0. The van der Waals surface area contributed by atoms with Gasteiger partial charge in [0.15, 0.2) is 0 Å². The maximum Gasteiger partial charge on any atom is 0.340 e. The Balaban J connectivity index is 1.16. The van der Waals surface area contributed by atoms with Crippen LogP contribution >= 0.6 is 0 Å². The molecule has 7 unspecified atom stereocenters. The number of fused-ring (bicyclic) bond motifs is 2. The Labute approximate surface area is 127 Å². The molecule has 2 heterocycles. The number of carbonyl (C=O) groups excluding carboxylic acids is 1. The van der Waals surface area contributed by atoms with Crippen LogP contribution in [0.15, 0.2) is 10.6 Å². The highest BCUT2D eigenvalue weighted by Crippen LogP contribution is 2.41. The number of epoxide rings is 2. The van der Waals surface area contributed by atoms with Crippen molar-refractivity contribution < 1.29 is 29.0 Å². The van der Waals surface area contributed by atoms with Gasteiger partial charge in [0.05, 0.1) is 40.9 Å². The van der Waals surface area contributed by atoms with Gasteiger partial charge in [0.1, 0.15) is 0 Å². The molecular weight excluding hydrogens is 292 g/mol. The summed E-state index contributed by atoms with van der Waals surface area (Å²) in [4.78, 5) is 21.4. The van der Waals surface area contributed by atoms with E-state index in [1.165, 1.54) is 0 Å². The first kappa shape index (κ1) is 14.3. The third-order valence-corrected chi connectivity index (χ3v) is 5.10. The summed E-state index contributed by atoms with van der Waals surface area (Å²) in [7, 11) is 0. The third-order valence-electron chi connectivity index (χ3n) is 5.10. The van der Waals surface area contributed by atoms with Crippen LogP contribution in [0.3, 0.4) is 0 Å². The highest BCUT2D eigenvalue weighted by molar-refractivity contribution is 5.72. The maximum absolute atomic E-state index is 11.8. The zero-order valence-electron chi connectivity index (χ0n) is 12.2. The average molecular weight is 312 g/mol. The Kier molecular flexibility index (Phi) is 3.75. The molecule has 0 aromatic carbocycles. The van der Waals surface area contributed by atoms with Crippen LogP contribution in [-0.4, -0.2) is 41.8 Å². The minimum atomic E-state index is -1.04. The van der Waals surface area contributed by atoms with Crippen molar-refractivity contribution in [1.82, 2.24) is 0 Å². The molecule has 0 aromatic rings. The number of ether oxygens (including phenoxy) is 2. The minimum Gasteiger partial charge on any atom is -0.370 e. The average Bonchev–Trinajstić information content (AvgIpc) is 3.43. The minimum absolute atomic E-state index is 0.0132. The molecule has 8 heteroatoms. The zero-order valence-corrected chi connectivity index (χ0v) is 12.2. The van der Waals surface area contributed by atoms with Gasteiger partial charge in [-0.05, 0) is 38.5 Å². The zero-order chi connectivity index (χ0) is 15.1. The van der Waals surface area contributed by atoms with Crippen molar-refractivity contribution in [1.29, 1.82) is 0 Å². The van der Waals surface area contributed by atoms with Crippen LogP contribution in [0, 0.1) is 11.8 Å². The Morgan fingerprint density at radius 3 is 2.45 bits per heavy atom. The number of aliphatic hydroxyl groups is 1. The monoisotopic (exact) mass is 312 g/mol. The molecule has 0 amide bonds. The smallest absolute Gasteiger partial charge is 0.340 e. The molecular formula is C14H20N2O6. The van der Waals surface area contributed by atoms with E-state index in [4.69, 9.17) is 19.1 Å². The predicted octanol–water partition coefficient (Wildman–Crippen LogP) is 1.28. The number of aliphatic hydroxyl groups excluding tert-OH is 1. The normalized spacial score (nSPS) is 43.9. The van der Waals surface area contributed by atoms with Crippen LogP contribution < -0.4 is 0 Å². The first-order chi connectivity index (χ1) is 10.7. The fourth-order valence-electron chi connectivity index (χ4n) is 3.60. The topological polar surface area (TPSA) is 106 Å². The van der Waals surface area contributed by atoms with E-state index in [-0.39, 0.29) is 24.0 Å². The van der Waals surface area contributed by atoms with Gasteiger partial charge in [0.25, 0.3) is 0 Å². The Morgan fingerprint density at radius 2 is 1.73 bits per heavy atom. The molecule has 7 atom stereocenters. The molecule has 0 radical (unpaired) electrons. The Hall–Kier alpha value is -1.25. The number of rotatable bonds is 5. The van der Waals surface area contributed by atoms with Gasteiger partial charge >= 0.3 is 5.97 Å². The SMILES string of the molecule is O=C(O/N=N/OC(O)C1CCC2OC2C1)C1CCC2OC2C1. The quantitative estimate of drug-likeness (QED) is 0.355. The number of carbonyl (C=O) groups is 1. The van der Waals surface area contributed by atoms with E-state index < -0.39 is 12.3 Å². The summed E-state index contributed by atoms with van der Waals surface area (Å²) in [5.74, 6) is -0.613. The summed E-state index contributed by atoms with van der Waals surface area (Å²) >= 11 is 0. The van der Waals surface area contributed by atoms with Crippen LogP contribution in [0.25, 0.3) is 0 Å². The van der Waals surface area contributed by atoms with Crippen molar-refractivity contribution >= 4 is 5.97 Å². The summed E-state index contributed by atoms with van der Waals surface area (Å²) in [6.07, 6.45) is 5.02. The van der Waals surface area contributed by atoms with Crippen molar-refractivity contribution in [2.75, 3.05) is 0 Å². The van der Waals surface area contributed by atoms with E-state index >= 15 is 0 Å². The van der Waals surface area contributed by atoms with E-state index in [9.17, 15) is 9.90 Å². The molecule has 2 saturated carbocycles. The standard InChI is InChI=1S/C14H20N2O6/c17-13(7-1-3-9-11(5-7)19-9)21-15-16-22-14(18)8-2-4-10-12(6-8)20-10/h7-13,17H,1-6H2/b16-15+. The summed E-state index contributed by atoms with van der Waals surface area (Å²) in [5, 5.41) is 16.5. The first-order valence-corrected chi connectivity index (χ1v) is 7.96. The van der Waals surface area contributed by atoms with Crippen molar-refractivity contribution in [2.24, 2.45) is 22.4 Å². The van der Waals surface area contributed by atoms with Gasteiger partial charge in [0, 0.05) is 5.92 Å². The number of hydrogen-bond acceptors (Lipinski definition) is 8. The molecule has 0 spiro atoms. The summed E-state index contributed by atoms with van der Waals surface area (Å²) in [5.41, 5.74) is 0. The summed E-state index contributed by atoms with van der Waals surface area (Å²) < 4.78 is 10.8. The van der Waals surface area contributed by atoms with Crippen LogP contribution in [0.4, 0.5) is 0 Å². The maximum atomic E-state index is 11.8. The molecule has 4 fully saturated rings. The lowest BCUT2D eigenvalue weighted by Crippen LogP contribution is -2.27. The molecule has 2 aliphatic carbocycles. The van der Waals surface area contributed by atoms with Crippen molar-refractivity contribution in [3.8, 4) is 0 Å². The molecule has 8 nitrogen and oxygen atoms in total. The van der Waals surface area contributed by atoms with Gasteiger partial charge in [-0.25, -0.2) is 4.79 Å². The fourth-order valence-corrected chi connectivity index (χ4v) is 3.60. The second kappa shape index (κ2) is 5.75. The van der Waals surface area contributed by atoms with Gasteiger partial charge in [-0.15, -0.1) is 0 Å². The lowest BCUT2D eigenvalue weighted by Gasteiger charge is -2.21. The van der Waals surface area contributed by atoms with Gasteiger partial charge in [0.2, 0.25) is 6.29 Å². The molecule has 2 aliphatic heterocycles. The largest absolute Gasteiger partial charge is 0.370 e. The van der Waals surface area contributed by atoms with Gasteiger partial charge in [-0.2, -0.15) is 0 Å². The Bertz CT molecular complexity index is 472. The van der Waals surface area contributed by atoms with Crippen molar-refractivity contribution in [3.63, 3.8) is 0 Å². The first-order valence-electron chi connectivity index (χ1n) is 7.96. The molecule has 0 aromatic heterocycles. The summed E-state index contributed by atoms with van der Waals surface area (Å²) in [6.45, 7) is 0. The number of hydrogen-bond donors (Lipinski definition) is 1. The van der Waals surface area contributed by atoms with Gasteiger partial charge in [-0.3, -0.25) is 4.84 Å². The highest BCUT2D eigenvalue weighted by Gasteiger charge is 2.47. The van der Waals surface area contributed by atoms with Crippen molar-refractivity contribution in [3.05, 3.63) is 0 Å². The third kappa shape index (κ3) is 3.09. The fraction of sp³-hybridized carbons (Fsp3) is 0.929. The van der Waals surface area contributed by atoms with Crippen LogP contribution in [0.5, 0.6) is 0 Å². The molecule has 0 bridgehead atoms. The van der Waals surface area contributed by atoms with Crippen LogP contribution in [0.2, 0.25) is 0 Å². The lowest BCUT2D eigenvalue weighted by atomic mass is 9.89. The van der Waals surface area contributed by atoms with E-state index in [1.807, 2.05) is 0 Å². The Morgan fingerprint density at radius 1 is 1.00 bits per heavy atom. The number of nitrogens with zero attached hydrogens (tertiary/aromatic N) is 2.